The molecule has 4 N–H and O–H groups in total. The van der Waals surface area contributed by atoms with Crippen molar-refractivity contribution in [2.45, 2.75) is 30.7 Å². The number of rotatable bonds is 5. The van der Waals surface area contributed by atoms with Crippen molar-refractivity contribution >= 4 is 40.8 Å². The van der Waals surface area contributed by atoms with Gasteiger partial charge in [0.2, 0.25) is 6.29 Å². The molecule has 5 atom stereocenters. The highest BCUT2D eigenvalue weighted by molar-refractivity contribution is 6.35. The molecule has 1 aliphatic heterocycles. The second kappa shape index (κ2) is 8.93. The summed E-state index contributed by atoms with van der Waals surface area (Å²) in [7, 11) is 0. The van der Waals surface area contributed by atoms with Crippen LogP contribution in [0.1, 0.15) is 0 Å². The van der Waals surface area contributed by atoms with Crippen molar-refractivity contribution in [3.63, 3.8) is 0 Å². The Morgan fingerprint density at radius 2 is 1.48 bits per heavy atom. The predicted molar refractivity (Wildman–Crippen MR) is 103 cm³/mol. The first-order valence-corrected chi connectivity index (χ1v) is 9.32. The summed E-state index contributed by atoms with van der Waals surface area (Å²) < 4.78 is 16.3. The van der Waals surface area contributed by atoms with Crippen molar-refractivity contribution in [2.75, 3.05) is 0 Å². The molecule has 1 saturated heterocycles. The van der Waals surface area contributed by atoms with Crippen LogP contribution in [0.25, 0.3) is 0 Å². The molecule has 0 bridgehead atoms. The Kier molecular flexibility index (Phi) is 6.75. The van der Waals surface area contributed by atoms with Crippen molar-refractivity contribution in [2.24, 2.45) is 0 Å². The van der Waals surface area contributed by atoms with Gasteiger partial charge in [-0.25, -0.2) is 4.79 Å². The van der Waals surface area contributed by atoms with Gasteiger partial charge < -0.3 is 34.6 Å². The van der Waals surface area contributed by atoms with Crippen LogP contribution >= 0.6 is 34.8 Å². The third-order valence-corrected chi connectivity index (χ3v) is 4.84. The number of aliphatic hydroxyl groups excluding tert-OH is 3. The van der Waals surface area contributed by atoms with E-state index in [1.165, 1.54) is 30.3 Å². The topological polar surface area (TPSA) is 126 Å². The van der Waals surface area contributed by atoms with Crippen LogP contribution in [-0.2, 0) is 9.53 Å². The number of benzene rings is 2. The Morgan fingerprint density at radius 1 is 0.862 bits per heavy atom. The summed E-state index contributed by atoms with van der Waals surface area (Å²) in [5, 5.41) is 39.8. The van der Waals surface area contributed by atoms with Crippen LogP contribution in [0.2, 0.25) is 15.1 Å². The van der Waals surface area contributed by atoms with E-state index in [-0.39, 0.29) is 27.3 Å². The smallest absolute Gasteiger partial charge is 0.335 e. The van der Waals surface area contributed by atoms with Crippen molar-refractivity contribution < 1.29 is 39.4 Å². The van der Waals surface area contributed by atoms with E-state index in [0.717, 1.165) is 0 Å². The number of carboxylic acids is 1. The van der Waals surface area contributed by atoms with E-state index in [1.54, 1.807) is 6.07 Å². The molecule has 0 aromatic heterocycles. The van der Waals surface area contributed by atoms with Crippen LogP contribution in [-0.4, -0.2) is 57.1 Å². The molecule has 0 amide bonds. The van der Waals surface area contributed by atoms with Crippen molar-refractivity contribution in [1.82, 2.24) is 0 Å². The standard InChI is InChI=1S/C18H15Cl3O8/c19-7-1-3-10(9(21)5-7)27-11-4-2-8(20)6-12(11)28-18-15(24)13(22)14(23)16(29-18)17(25)26/h1-6,13-16,18,22-24H,(H,25,26)/t13?,14-,15?,16?,18+/m0/s1. The normalized spacial score (nSPS) is 26.8. The molecule has 8 nitrogen and oxygen atoms in total. The minimum absolute atomic E-state index is 0.0275. The molecule has 2 aromatic carbocycles. The average molecular weight is 466 g/mol. The van der Waals surface area contributed by atoms with Gasteiger partial charge in [0, 0.05) is 16.1 Å². The number of hydrogen-bond acceptors (Lipinski definition) is 7. The minimum atomic E-state index is -1.84. The van der Waals surface area contributed by atoms with Gasteiger partial charge in [0.15, 0.2) is 17.6 Å². The Labute approximate surface area is 179 Å². The van der Waals surface area contributed by atoms with Gasteiger partial charge in [-0.05, 0) is 30.3 Å². The first-order valence-electron chi connectivity index (χ1n) is 8.19. The van der Waals surface area contributed by atoms with Crippen molar-refractivity contribution in [1.29, 1.82) is 0 Å². The molecule has 0 aliphatic carbocycles. The van der Waals surface area contributed by atoms with Crippen LogP contribution in [0.15, 0.2) is 36.4 Å². The Bertz CT molecular complexity index is 909. The summed E-state index contributed by atoms with van der Waals surface area (Å²) in [6.07, 6.45) is -8.84. The van der Waals surface area contributed by atoms with Crippen molar-refractivity contribution in [3.05, 3.63) is 51.5 Å². The van der Waals surface area contributed by atoms with E-state index in [2.05, 4.69) is 0 Å². The second-order valence-corrected chi connectivity index (χ2v) is 7.40. The van der Waals surface area contributed by atoms with Gasteiger partial charge in [0.25, 0.3) is 0 Å². The first-order chi connectivity index (χ1) is 13.7. The van der Waals surface area contributed by atoms with E-state index in [1.807, 2.05) is 0 Å². The van der Waals surface area contributed by atoms with E-state index >= 15 is 0 Å². The molecule has 1 heterocycles. The number of halogens is 3. The number of carboxylic acid groups (broad SMARTS) is 1. The van der Waals surface area contributed by atoms with Gasteiger partial charge in [-0.3, -0.25) is 0 Å². The second-order valence-electron chi connectivity index (χ2n) is 6.12. The highest BCUT2D eigenvalue weighted by Crippen LogP contribution is 2.39. The summed E-state index contributed by atoms with van der Waals surface area (Å²) >= 11 is 18.0. The van der Waals surface area contributed by atoms with Crippen LogP contribution < -0.4 is 9.47 Å². The van der Waals surface area contributed by atoms with Gasteiger partial charge in [0.1, 0.15) is 24.1 Å². The molecule has 156 valence electrons. The number of carbonyl (C=O) groups is 1. The average Bonchev–Trinajstić information content (AvgIpc) is 2.66. The van der Waals surface area contributed by atoms with Gasteiger partial charge in [-0.2, -0.15) is 0 Å². The lowest BCUT2D eigenvalue weighted by Crippen LogP contribution is -2.61. The fourth-order valence-corrected chi connectivity index (χ4v) is 3.22. The molecule has 11 heteroatoms. The van der Waals surface area contributed by atoms with Crippen LogP contribution in [0, 0.1) is 0 Å². The lowest BCUT2D eigenvalue weighted by molar-refractivity contribution is -0.271. The van der Waals surface area contributed by atoms with Gasteiger partial charge >= 0.3 is 5.97 Å². The van der Waals surface area contributed by atoms with E-state index in [0.29, 0.717) is 5.02 Å². The summed E-state index contributed by atoms with van der Waals surface area (Å²) in [6.45, 7) is 0. The molecule has 0 saturated carbocycles. The molecular formula is C18H15Cl3O8. The molecule has 0 spiro atoms. The van der Waals surface area contributed by atoms with E-state index in [9.17, 15) is 20.1 Å². The quantitative estimate of drug-likeness (QED) is 0.531. The zero-order chi connectivity index (χ0) is 21.3. The maximum Gasteiger partial charge on any atom is 0.335 e. The Balaban J connectivity index is 1.88. The summed E-state index contributed by atoms with van der Waals surface area (Å²) in [5.74, 6) is -1.21. The number of aliphatic carboxylic acids is 1. The van der Waals surface area contributed by atoms with Crippen LogP contribution in [0.3, 0.4) is 0 Å². The Morgan fingerprint density at radius 3 is 2.10 bits per heavy atom. The molecule has 1 fully saturated rings. The minimum Gasteiger partial charge on any atom is -0.479 e. The van der Waals surface area contributed by atoms with Gasteiger partial charge in [-0.15, -0.1) is 0 Å². The third kappa shape index (κ3) is 4.87. The monoisotopic (exact) mass is 464 g/mol. The molecule has 2 aromatic rings. The molecule has 0 radical (unpaired) electrons. The summed E-state index contributed by atoms with van der Waals surface area (Å²) in [5.41, 5.74) is 0. The zero-order valence-corrected chi connectivity index (χ0v) is 16.7. The predicted octanol–water partition coefficient (Wildman–Crippen LogP) is 2.71. The Hall–Kier alpha value is -1.78. The van der Waals surface area contributed by atoms with E-state index < -0.39 is 36.7 Å². The maximum absolute atomic E-state index is 11.2. The molecule has 29 heavy (non-hydrogen) atoms. The molecule has 3 unspecified atom stereocenters. The van der Waals surface area contributed by atoms with Gasteiger partial charge in [-0.1, -0.05) is 34.8 Å². The maximum atomic E-state index is 11.2. The fourth-order valence-electron chi connectivity index (χ4n) is 2.61. The lowest BCUT2D eigenvalue weighted by atomic mass is 9.99. The van der Waals surface area contributed by atoms with E-state index in [4.69, 9.17) is 54.1 Å². The van der Waals surface area contributed by atoms with Gasteiger partial charge in [0.05, 0.1) is 5.02 Å². The molecule has 1 aliphatic rings. The largest absolute Gasteiger partial charge is 0.479 e. The highest BCUT2D eigenvalue weighted by Gasteiger charge is 2.48. The highest BCUT2D eigenvalue weighted by atomic mass is 35.5. The van der Waals surface area contributed by atoms with Crippen LogP contribution in [0.5, 0.6) is 17.2 Å². The van der Waals surface area contributed by atoms with Crippen LogP contribution in [0.4, 0.5) is 0 Å². The zero-order valence-electron chi connectivity index (χ0n) is 14.4. The lowest BCUT2D eigenvalue weighted by Gasteiger charge is -2.38. The SMILES string of the molecule is O=C(O)C1O[C@@H](Oc2cc(Cl)ccc2Oc2ccc(Cl)cc2Cl)C(O)C(O)[C@@H]1O. The summed E-state index contributed by atoms with van der Waals surface area (Å²) in [6, 6.07) is 8.85. The number of hydrogen-bond donors (Lipinski definition) is 4. The summed E-state index contributed by atoms with van der Waals surface area (Å²) in [4.78, 5) is 11.2. The molecular weight excluding hydrogens is 451 g/mol. The molecule has 3 rings (SSSR count). The fraction of sp³-hybridized carbons (Fsp3) is 0.278. The third-order valence-electron chi connectivity index (χ3n) is 4.08. The first kappa shape index (κ1) is 21.9. The number of aliphatic hydroxyl groups is 3. The number of ether oxygens (including phenoxy) is 3. The van der Waals surface area contributed by atoms with Crippen molar-refractivity contribution in [3.8, 4) is 17.2 Å².